The molecule has 0 saturated carbocycles. The zero-order chi connectivity index (χ0) is 20.9. The van der Waals surface area contributed by atoms with E-state index in [1.165, 1.54) is 30.2 Å². The van der Waals surface area contributed by atoms with E-state index in [2.05, 4.69) is 28.6 Å². The van der Waals surface area contributed by atoms with E-state index in [-0.39, 0.29) is 18.6 Å². The van der Waals surface area contributed by atoms with Crippen LogP contribution in [0.4, 0.5) is 0 Å². The Kier molecular flexibility index (Phi) is 5.93. The molecule has 0 bridgehead atoms. The minimum absolute atomic E-state index is 0.149. The van der Waals surface area contributed by atoms with Crippen LogP contribution >= 0.6 is 0 Å². The van der Waals surface area contributed by atoms with Crippen LogP contribution in [0.15, 0.2) is 60.9 Å². The van der Waals surface area contributed by atoms with Crippen molar-refractivity contribution < 1.29 is 14.3 Å². The van der Waals surface area contributed by atoms with Crippen molar-refractivity contribution in [3.05, 3.63) is 83.2 Å². The SMILES string of the molecule is CC(NC(=O)COC(=O)c1cnn(-c2ccccc2)c1)c1ccc2c(c1)CCCC2. The molecule has 154 valence electrons. The van der Waals surface area contributed by atoms with E-state index in [9.17, 15) is 9.59 Å². The van der Waals surface area contributed by atoms with Gasteiger partial charge in [0.1, 0.15) is 0 Å². The predicted molar refractivity (Wildman–Crippen MR) is 113 cm³/mol. The summed E-state index contributed by atoms with van der Waals surface area (Å²) in [5, 5.41) is 7.08. The van der Waals surface area contributed by atoms with Crippen LogP contribution in [0.5, 0.6) is 0 Å². The van der Waals surface area contributed by atoms with Gasteiger partial charge >= 0.3 is 5.97 Å². The highest BCUT2D eigenvalue weighted by molar-refractivity contribution is 5.91. The molecule has 1 aliphatic rings. The molecule has 6 nitrogen and oxygen atoms in total. The lowest BCUT2D eigenvalue weighted by molar-refractivity contribution is -0.124. The van der Waals surface area contributed by atoms with Crippen molar-refractivity contribution in [3.63, 3.8) is 0 Å². The molecule has 1 aliphatic carbocycles. The van der Waals surface area contributed by atoms with E-state index < -0.39 is 5.97 Å². The highest BCUT2D eigenvalue weighted by atomic mass is 16.5. The first-order valence-corrected chi connectivity index (χ1v) is 10.3. The Labute approximate surface area is 175 Å². The fraction of sp³-hybridized carbons (Fsp3) is 0.292. The second-order valence-corrected chi connectivity index (χ2v) is 7.61. The zero-order valence-electron chi connectivity index (χ0n) is 17.0. The van der Waals surface area contributed by atoms with Gasteiger partial charge < -0.3 is 10.1 Å². The van der Waals surface area contributed by atoms with Gasteiger partial charge in [-0.3, -0.25) is 4.79 Å². The number of hydrogen-bond donors (Lipinski definition) is 1. The van der Waals surface area contributed by atoms with Crippen LogP contribution in [0.2, 0.25) is 0 Å². The number of nitrogens with one attached hydrogen (secondary N) is 1. The zero-order valence-corrected chi connectivity index (χ0v) is 17.0. The monoisotopic (exact) mass is 403 g/mol. The maximum absolute atomic E-state index is 12.3. The molecular formula is C24H25N3O3. The molecule has 0 aliphatic heterocycles. The van der Waals surface area contributed by atoms with E-state index >= 15 is 0 Å². The Morgan fingerprint density at radius 2 is 1.87 bits per heavy atom. The third-order valence-electron chi connectivity index (χ3n) is 5.42. The molecule has 0 radical (unpaired) electrons. The van der Waals surface area contributed by atoms with Crippen LogP contribution in [-0.4, -0.2) is 28.3 Å². The third-order valence-corrected chi connectivity index (χ3v) is 5.42. The maximum Gasteiger partial charge on any atom is 0.341 e. The fourth-order valence-corrected chi connectivity index (χ4v) is 3.75. The molecule has 1 N–H and O–H groups in total. The molecule has 6 heteroatoms. The second-order valence-electron chi connectivity index (χ2n) is 7.61. The minimum atomic E-state index is -0.575. The lowest BCUT2D eigenvalue weighted by atomic mass is 9.89. The average molecular weight is 403 g/mol. The summed E-state index contributed by atoms with van der Waals surface area (Å²) in [5.74, 6) is -0.905. The van der Waals surface area contributed by atoms with Crippen molar-refractivity contribution >= 4 is 11.9 Å². The Hall–Kier alpha value is -3.41. The van der Waals surface area contributed by atoms with Crippen molar-refractivity contribution in [2.45, 2.75) is 38.6 Å². The van der Waals surface area contributed by atoms with E-state index in [1.54, 1.807) is 10.9 Å². The molecule has 1 amide bonds. The van der Waals surface area contributed by atoms with Crippen molar-refractivity contribution in [2.75, 3.05) is 6.61 Å². The topological polar surface area (TPSA) is 73.2 Å². The fourth-order valence-electron chi connectivity index (χ4n) is 3.75. The first-order chi connectivity index (χ1) is 14.6. The van der Waals surface area contributed by atoms with Gasteiger partial charge in [-0.05, 0) is 61.4 Å². The number of amides is 1. The number of carbonyl (C=O) groups is 2. The highest BCUT2D eigenvalue weighted by Crippen LogP contribution is 2.24. The average Bonchev–Trinajstić information content (AvgIpc) is 3.28. The molecule has 1 aromatic heterocycles. The van der Waals surface area contributed by atoms with Crippen LogP contribution in [0.3, 0.4) is 0 Å². The Balaban J connectivity index is 1.30. The summed E-state index contributed by atoms with van der Waals surface area (Å²) in [7, 11) is 0. The third kappa shape index (κ3) is 4.59. The summed E-state index contributed by atoms with van der Waals surface area (Å²) in [5.41, 5.74) is 5.00. The summed E-state index contributed by atoms with van der Waals surface area (Å²) >= 11 is 0. The van der Waals surface area contributed by atoms with Crippen LogP contribution in [0, 0.1) is 0 Å². The van der Waals surface area contributed by atoms with Gasteiger partial charge in [0, 0.05) is 6.20 Å². The first kappa shape index (κ1) is 19.9. The largest absolute Gasteiger partial charge is 0.452 e. The van der Waals surface area contributed by atoms with Crippen LogP contribution < -0.4 is 5.32 Å². The van der Waals surface area contributed by atoms with E-state index in [0.717, 1.165) is 24.1 Å². The van der Waals surface area contributed by atoms with Crippen molar-refractivity contribution in [1.29, 1.82) is 0 Å². The smallest absolute Gasteiger partial charge is 0.341 e. The van der Waals surface area contributed by atoms with E-state index in [0.29, 0.717) is 5.56 Å². The summed E-state index contributed by atoms with van der Waals surface area (Å²) < 4.78 is 6.75. The summed E-state index contributed by atoms with van der Waals surface area (Å²) in [6.45, 7) is 1.61. The molecule has 3 aromatic rings. The number of rotatable bonds is 6. The van der Waals surface area contributed by atoms with Gasteiger partial charge in [0.15, 0.2) is 6.61 Å². The number of nitrogens with zero attached hydrogens (tertiary/aromatic N) is 2. The molecule has 1 atom stereocenters. The number of para-hydroxylation sites is 1. The number of esters is 1. The Bertz CT molecular complexity index is 1040. The minimum Gasteiger partial charge on any atom is -0.452 e. The quantitative estimate of drug-likeness (QED) is 0.636. The van der Waals surface area contributed by atoms with E-state index in [4.69, 9.17) is 4.74 Å². The molecule has 30 heavy (non-hydrogen) atoms. The van der Waals surface area contributed by atoms with Gasteiger partial charge in [-0.1, -0.05) is 36.4 Å². The van der Waals surface area contributed by atoms with Gasteiger partial charge in [-0.25, -0.2) is 9.48 Å². The number of aromatic nitrogens is 2. The van der Waals surface area contributed by atoms with Crippen LogP contribution in [0.1, 0.15) is 52.9 Å². The van der Waals surface area contributed by atoms with Crippen molar-refractivity contribution in [2.24, 2.45) is 0 Å². The first-order valence-electron chi connectivity index (χ1n) is 10.3. The molecule has 2 aromatic carbocycles. The summed E-state index contributed by atoms with van der Waals surface area (Å²) in [6, 6.07) is 15.7. The molecule has 0 fully saturated rings. The van der Waals surface area contributed by atoms with Crippen molar-refractivity contribution in [1.82, 2.24) is 15.1 Å². The standard InChI is InChI=1S/C24H25N3O3/c1-17(19-12-11-18-7-5-6-8-20(18)13-19)26-23(28)16-30-24(29)21-14-25-27(15-21)22-9-3-2-4-10-22/h2-4,9-15,17H,5-8,16H2,1H3,(H,26,28). The number of benzene rings is 2. The van der Waals surface area contributed by atoms with Crippen molar-refractivity contribution in [3.8, 4) is 5.69 Å². The van der Waals surface area contributed by atoms with Gasteiger partial charge in [0.05, 0.1) is 23.5 Å². The highest BCUT2D eigenvalue weighted by Gasteiger charge is 2.16. The molecular weight excluding hydrogens is 378 g/mol. The lowest BCUT2D eigenvalue weighted by Crippen LogP contribution is -2.31. The number of ether oxygens (including phenoxy) is 1. The van der Waals surface area contributed by atoms with Gasteiger partial charge in [0.2, 0.25) is 0 Å². The molecule has 4 rings (SSSR count). The summed E-state index contributed by atoms with van der Waals surface area (Å²) in [4.78, 5) is 24.5. The molecule has 1 unspecified atom stereocenters. The van der Waals surface area contributed by atoms with E-state index in [1.807, 2.05) is 37.3 Å². The normalized spacial score (nSPS) is 13.9. The van der Waals surface area contributed by atoms with Gasteiger partial charge in [-0.2, -0.15) is 5.10 Å². The lowest BCUT2D eigenvalue weighted by Gasteiger charge is -2.20. The number of aryl methyl sites for hydroxylation is 2. The molecule has 0 spiro atoms. The Morgan fingerprint density at radius 3 is 2.67 bits per heavy atom. The number of fused-ring (bicyclic) bond motifs is 1. The van der Waals surface area contributed by atoms with Crippen LogP contribution in [-0.2, 0) is 22.4 Å². The van der Waals surface area contributed by atoms with Gasteiger partial charge in [-0.15, -0.1) is 0 Å². The molecule has 0 saturated heterocycles. The molecule has 1 heterocycles. The maximum atomic E-state index is 12.3. The number of hydrogen-bond acceptors (Lipinski definition) is 4. The summed E-state index contributed by atoms with van der Waals surface area (Å²) in [6.07, 6.45) is 7.71. The van der Waals surface area contributed by atoms with Crippen LogP contribution in [0.25, 0.3) is 5.69 Å². The number of carbonyl (C=O) groups excluding carboxylic acids is 2. The second kappa shape index (κ2) is 8.95. The Morgan fingerprint density at radius 1 is 1.10 bits per heavy atom. The predicted octanol–water partition coefficient (Wildman–Crippen LogP) is 3.79. The van der Waals surface area contributed by atoms with Gasteiger partial charge in [0.25, 0.3) is 5.91 Å².